The second-order valence-corrected chi connectivity index (χ2v) is 4.41. The van der Waals surface area contributed by atoms with Crippen molar-refractivity contribution in [1.29, 1.82) is 0 Å². The number of aryl methyl sites for hydroxylation is 1. The van der Waals surface area contributed by atoms with Gasteiger partial charge in [-0.05, 0) is 37.6 Å². The summed E-state index contributed by atoms with van der Waals surface area (Å²) in [6, 6.07) is 12.3. The zero-order chi connectivity index (χ0) is 12.8. The van der Waals surface area contributed by atoms with Gasteiger partial charge in [-0.1, -0.05) is 17.7 Å². The van der Waals surface area contributed by atoms with Crippen LogP contribution in [0, 0.1) is 6.92 Å². The lowest BCUT2D eigenvalue weighted by Gasteiger charge is -2.23. The molecule has 1 heterocycles. The van der Waals surface area contributed by atoms with E-state index in [2.05, 4.69) is 36.1 Å². The van der Waals surface area contributed by atoms with Crippen LogP contribution in [0.15, 0.2) is 47.1 Å². The highest BCUT2D eigenvalue weighted by Crippen LogP contribution is 2.18. The zero-order valence-electron chi connectivity index (χ0n) is 10.7. The van der Waals surface area contributed by atoms with Crippen LogP contribution in [0.3, 0.4) is 0 Å². The van der Waals surface area contributed by atoms with Gasteiger partial charge in [0.25, 0.3) is 0 Å². The second kappa shape index (κ2) is 6.26. The molecule has 2 aromatic rings. The number of benzene rings is 1. The first-order valence-corrected chi connectivity index (χ1v) is 6.24. The van der Waals surface area contributed by atoms with E-state index in [1.807, 2.05) is 12.1 Å². The molecule has 0 unspecified atom stereocenters. The van der Waals surface area contributed by atoms with Gasteiger partial charge in [-0.3, -0.25) is 0 Å². The van der Waals surface area contributed by atoms with Crippen molar-refractivity contribution in [2.24, 2.45) is 0 Å². The van der Waals surface area contributed by atoms with E-state index in [9.17, 15) is 0 Å². The fourth-order valence-electron chi connectivity index (χ4n) is 1.91. The van der Waals surface area contributed by atoms with Crippen molar-refractivity contribution in [1.82, 2.24) is 0 Å². The summed E-state index contributed by atoms with van der Waals surface area (Å²) in [5, 5.41) is 8.98. The molecule has 0 atom stereocenters. The van der Waals surface area contributed by atoms with Gasteiger partial charge >= 0.3 is 0 Å². The summed E-state index contributed by atoms with van der Waals surface area (Å²) in [6.45, 7) is 3.84. The average Bonchev–Trinajstić information content (AvgIpc) is 2.88. The maximum Gasteiger partial charge on any atom is 0.123 e. The van der Waals surface area contributed by atoms with Crippen LogP contribution in [0.1, 0.15) is 17.7 Å². The molecular formula is C15H19NO2. The highest BCUT2D eigenvalue weighted by atomic mass is 16.3. The largest absolute Gasteiger partial charge is 0.467 e. The number of aliphatic hydroxyl groups excluding tert-OH is 1. The summed E-state index contributed by atoms with van der Waals surface area (Å²) < 4.78 is 5.39. The highest BCUT2D eigenvalue weighted by molar-refractivity contribution is 5.47. The van der Waals surface area contributed by atoms with Crippen molar-refractivity contribution in [3.63, 3.8) is 0 Å². The first-order valence-electron chi connectivity index (χ1n) is 6.24. The van der Waals surface area contributed by atoms with E-state index in [1.54, 1.807) is 6.26 Å². The molecule has 0 saturated heterocycles. The Balaban J connectivity index is 2.11. The molecule has 0 aliphatic rings. The molecular weight excluding hydrogens is 226 g/mol. The predicted molar refractivity (Wildman–Crippen MR) is 72.6 cm³/mol. The third-order valence-electron chi connectivity index (χ3n) is 2.91. The van der Waals surface area contributed by atoms with E-state index < -0.39 is 0 Å². The van der Waals surface area contributed by atoms with Crippen molar-refractivity contribution in [3.05, 3.63) is 54.0 Å². The van der Waals surface area contributed by atoms with E-state index in [0.29, 0.717) is 0 Å². The maximum absolute atomic E-state index is 8.98. The molecule has 0 radical (unpaired) electrons. The molecule has 0 bridgehead atoms. The van der Waals surface area contributed by atoms with Crippen LogP contribution < -0.4 is 4.90 Å². The van der Waals surface area contributed by atoms with Gasteiger partial charge in [-0.25, -0.2) is 0 Å². The van der Waals surface area contributed by atoms with Gasteiger partial charge in [0.15, 0.2) is 0 Å². The van der Waals surface area contributed by atoms with Crippen LogP contribution >= 0.6 is 0 Å². The Morgan fingerprint density at radius 1 is 1.17 bits per heavy atom. The van der Waals surface area contributed by atoms with Crippen LogP contribution in [-0.4, -0.2) is 18.3 Å². The standard InChI is InChI=1S/C15H19NO2/c1-13-5-7-14(8-6-13)16(9-3-10-17)12-15-4-2-11-18-15/h2,4-8,11,17H,3,9-10,12H2,1H3. The topological polar surface area (TPSA) is 36.6 Å². The molecule has 0 amide bonds. The van der Waals surface area contributed by atoms with Crippen molar-refractivity contribution in [2.75, 3.05) is 18.1 Å². The fraction of sp³-hybridized carbons (Fsp3) is 0.333. The summed E-state index contributed by atoms with van der Waals surface area (Å²) in [5.41, 5.74) is 2.41. The first kappa shape index (κ1) is 12.7. The Hall–Kier alpha value is -1.74. The fourth-order valence-corrected chi connectivity index (χ4v) is 1.91. The summed E-state index contributed by atoms with van der Waals surface area (Å²) in [4.78, 5) is 2.22. The van der Waals surface area contributed by atoms with Gasteiger partial charge in [0.05, 0.1) is 12.8 Å². The second-order valence-electron chi connectivity index (χ2n) is 4.41. The molecule has 18 heavy (non-hydrogen) atoms. The molecule has 2 rings (SSSR count). The predicted octanol–water partition coefficient (Wildman–Crippen LogP) is 2.98. The molecule has 3 nitrogen and oxygen atoms in total. The SMILES string of the molecule is Cc1ccc(N(CCCO)Cc2ccco2)cc1. The minimum Gasteiger partial charge on any atom is -0.467 e. The number of rotatable bonds is 6. The molecule has 0 aliphatic carbocycles. The van der Waals surface area contributed by atoms with E-state index in [1.165, 1.54) is 5.56 Å². The van der Waals surface area contributed by atoms with Gasteiger partial charge < -0.3 is 14.4 Å². The lowest BCUT2D eigenvalue weighted by Crippen LogP contribution is -2.24. The van der Waals surface area contributed by atoms with E-state index >= 15 is 0 Å². The lowest BCUT2D eigenvalue weighted by molar-refractivity contribution is 0.289. The normalized spacial score (nSPS) is 10.6. The Bertz CT molecular complexity index is 448. The van der Waals surface area contributed by atoms with Gasteiger partial charge in [0, 0.05) is 18.8 Å². The molecule has 0 aliphatic heterocycles. The van der Waals surface area contributed by atoms with Crippen molar-refractivity contribution >= 4 is 5.69 Å². The van der Waals surface area contributed by atoms with Crippen molar-refractivity contribution in [2.45, 2.75) is 19.9 Å². The van der Waals surface area contributed by atoms with Crippen LogP contribution in [0.5, 0.6) is 0 Å². The zero-order valence-corrected chi connectivity index (χ0v) is 10.7. The van der Waals surface area contributed by atoms with Gasteiger partial charge in [0.1, 0.15) is 5.76 Å². The Morgan fingerprint density at radius 3 is 2.56 bits per heavy atom. The monoisotopic (exact) mass is 245 g/mol. The Morgan fingerprint density at radius 2 is 1.94 bits per heavy atom. The van der Waals surface area contributed by atoms with Crippen LogP contribution in [-0.2, 0) is 6.54 Å². The maximum atomic E-state index is 8.98. The first-order chi connectivity index (χ1) is 8.79. The smallest absolute Gasteiger partial charge is 0.123 e. The third-order valence-corrected chi connectivity index (χ3v) is 2.91. The molecule has 3 heteroatoms. The number of hydrogen-bond donors (Lipinski definition) is 1. The van der Waals surface area contributed by atoms with Gasteiger partial charge in [-0.2, -0.15) is 0 Å². The summed E-state index contributed by atoms with van der Waals surface area (Å²) >= 11 is 0. The number of hydrogen-bond acceptors (Lipinski definition) is 3. The summed E-state index contributed by atoms with van der Waals surface area (Å²) in [7, 11) is 0. The Kier molecular flexibility index (Phi) is 4.42. The molecule has 0 fully saturated rings. The Labute approximate surface area is 108 Å². The number of anilines is 1. The number of aliphatic hydroxyl groups is 1. The number of furan rings is 1. The van der Waals surface area contributed by atoms with E-state index in [4.69, 9.17) is 9.52 Å². The van der Waals surface area contributed by atoms with Crippen molar-refractivity contribution in [3.8, 4) is 0 Å². The van der Waals surface area contributed by atoms with Crippen LogP contribution in [0.25, 0.3) is 0 Å². The van der Waals surface area contributed by atoms with Gasteiger partial charge in [0.2, 0.25) is 0 Å². The van der Waals surface area contributed by atoms with Crippen LogP contribution in [0.2, 0.25) is 0 Å². The summed E-state index contributed by atoms with van der Waals surface area (Å²) in [5.74, 6) is 0.938. The summed E-state index contributed by atoms with van der Waals surface area (Å²) in [6.07, 6.45) is 2.45. The molecule has 1 aromatic heterocycles. The third kappa shape index (κ3) is 3.37. The molecule has 0 spiro atoms. The molecule has 1 aromatic carbocycles. The molecule has 96 valence electrons. The quantitative estimate of drug-likeness (QED) is 0.850. The van der Waals surface area contributed by atoms with Gasteiger partial charge in [-0.15, -0.1) is 0 Å². The number of nitrogens with zero attached hydrogens (tertiary/aromatic N) is 1. The minimum absolute atomic E-state index is 0.209. The molecule has 0 saturated carbocycles. The highest BCUT2D eigenvalue weighted by Gasteiger charge is 2.08. The minimum atomic E-state index is 0.209. The molecule has 1 N–H and O–H groups in total. The lowest BCUT2D eigenvalue weighted by atomic mass is 10.2. The van der Waals surface area contributed by atoms with E-state index in [-0.39, 0.29) is 6.61 Å². The van der Waals surface area contributed by atoms with E-state index in [0.717, 1.165) is 31.0 Å². The average molecular weight is 245 g/mol. The van der Waals surface area contributed by atoms with Crippen LogP contribution in [0.4, 0.5) is 5.69 Å². The van der Waals surface area contributed by atoms with Crippen molar-refractivity contribution < 1.29 is 9.52 Å².